The highest BCUT2D eigenvalue weighted by Gasteiger charge is 2.24. The number of rotatable bonds is 54. The van der Waals surface area contributed by atoms with Gasteiger partial charge in [-0.15, -0.1) is 0 Å². The van der Waals surface area contributed by atoms with Gasteiger partial charge in [0.05, 0.1) is 4.60 Å². The highest BCUT2D eigenvalue weighted by Crippen LogP contribution is 2.36. The van der Waals surface area contributed by atoms with Crippen LogP contribution in [0.3, 0.4) is 0 Å². The molecule has 0 radical (unpaired) electrons. The van der Waals surface area contributed by atoms with Gasteiger partial charge >= 0.3 is 0 Å². The average molecular weight is 1170 g/mol. The summed E-state index contributed by atoms with van der Waals surface area (Å²) in [5.74, 6) is 1.64. The summed E-state index contributed by atoms with van der Waals surface area (Å²) in [5.41, 5.74) is 5.38. The molecule has 1 rings (SSSR count). The summed E-state index contributed by atoms with van der Waals surface area (Å²) < 4.78 is 4.18. The van der Waals surface area contributed by atoms with Gasteiger partial charge in [-0.3, -0.25) is 9.59 Å². The first kappa shape index (κ1) is 71.6. The van der Waals surface area contributed by atoms with Gasteiger partial charge in [0.1, 0.15) is 0 Å². The zero-order valence-electron chi connectivity index (χ0n) is 51.1. The number of nitrogens with zero attached hydrogens (tertiary/aromatic N) is 1. The van der Waals surface area contributed by atoms with Crippen molar-refractivity contribution >= 4 is 49.5 Å². The molecule has 0 saturated carbocycles. The van der Waals surface area contributed by atoms with Crippen LogP contribution in [0.25, 0.3) is 5.57 Å². The molecule has 0 bridgehead atoms. The third-order valence-corrected chi connectivity index (χ3v) is 17.8. The molecule has 1 aromatic heterocycles. The van der Waals surface area contributed by atoms with Crippen molar-refractivity contribution in [2.75, 3.05) is 0 Å². The Morgan fingerprint density at radius 1 is 0.467 bits per heavy atom. The third-order valence-electron chi connectivity index (χ3n) is 16.7. The molecular weight excluding hydrogens is 1050 g/mol. The molecule has 0 aliphatic carbocycles. The Balaban J connectivity index is 3.29. The summed E-state index contributed by atoms with van der Waals surface area (Å²) in [6.45, 7) is 15.1. The molecular formula is C70H123Br2NO2. The molecule has 0 unspecified atom stereocenters. The zero-order valence-corrected chi connectivity index (χ0v) is 54.3. The minimum atomic E-state index is -0.0116. The number of carbonyl (C=O) groups is 2. The third kappa shape index (κ3) is 37.2. The second-order valence-electron chi connectivity index (χ2n) is 23.6. The fourth-order valence-electron chi connectivity index (χ4n) is 11.9. The molecule has 0 atom stereocenters. The van der Waals surface area contributed by atoms with E-state index >= 15 is 0 Å². The highest BCUT2D eigenvalue weighted by molar-refractivity contribution is 9.11. The Labute approximate surface area is 484 Å². The number of aromatic nitrogens is 1. The lowest BCUT2D eigenvalue weighted by atomic mass is 9.85. The summed E-state index contributed by atoms with van der Waals surface area (Å²) in [6.07, 6.45) is 66.2. The van der Waals surface area contributed by atoms with Crippen LogP contribution in [0.5, 0.6) is 0 Å². The van der Waals surface area contributed by atoms with Gasteiger partial charge in [-0.2, -0.15) is 0 Å². The first-order valence-corrected chi connectivity index (χ1v) is 34.4. The molecule has 0 N–H and O–H groups in total. The number of hydrogen-bond donors (Lipinski definition) is 0. The average Bonchev–Trinajstić information content (AvgIpc) is 3.73. The van der Waals surface area contributed by atoms with Crippen LogP contribution < -0.4 is 0 Å². The van der Waals surface area contributed by atoms with E-state index in [2.05, 4.69) is 102 Å². The fourth-order valence-corrected chi connectivity index (χ4v) is 12.3. The van der Waals surface area contributed by atoms with E-state index in [4.69, 9.17) is 0 Å². The lowest BCUT2D eigenvalue weighted by Gasteiger charge is -2.20. The number of allylic oxidation sites excluding steroid dienone is 8. The maximum absolute atomic E-state index is 14.2. The Hall–Kier alpha value is -1.46. The van der Waals surface area contributed by atoms with Gasteiger partial charge < -0.3 is 4.57 Å². The molecule has 0 amide bonds. The zero-order chi connectivity index (χ0) is 55.0. The highest BCUT2D eigenvalue weighted by atomic mass is 79.9. The van der Waals surface area contributed by atoms with Crippen molar-refractivity contribution < 1.29 is 9.59 Å². The van der Waals surface area contributed by atoms with Crippen LogP contribution in [0.15, 0.2) is 55.7 Å². The summed E-state index contributed by atoms with van der Waals surface area (Å²) in [5, 5.41) is 0. The number of Topliss-reactive ketones (excluding diaryl/α,β-unsaturated/α-hetero) is 1. The normalized spacial score (nSPS) is 13.1. The second kappa shape index (κ2) is 50.7. The van der Waals surface area contributed by atoms with Crippen molar-refractivity contribution in [3.8, 4) is 0 Å². The van der Waals surface area contributed by atoms with Crippen LogP contribution in [0.1, 0.15) is 350 Å². The van der Waals surface area contributed by atoms with Crippen molar-refractivity contribution in [3.63, 3.8) is 0 Å². The van der Waals surface area contributed by atoms with Crippen LogP contribution in [0.4, 0.5) is 0 Å². The van der Waals surface area contributed by atoms with Crippen LogP contribution in [-0.2, 0) is 16.6 Å². The second-order valence-corrected chi connectivity index (χ2v) is 25.7. The van der Waals surface area contributed by atoms with E-state index in [1.54, 1.807) is 6.92 Å². The molecule has 0 spiro atoms. The van der Waals surface area contributed by atoms with Gasteiger partial charge in [-0.1, -0.05) is 325 Å². The summed E-state index contributed by atoms with van der Waals surface area (Å²) >= 11 is 7.44. The molecule has 1 aromatic rings. The van der Waals surface area contributed by atoms with E-state index in [9.17, 15) is 9.59 Å². The van der Waals surface area contributed by atoms with E-state index in [1.807, 2.05) is 6.92 Å². The molecule has 0 aromatic carbocycles. The van der Waals surface area contributed by atoms with Gasteiger partial charge in [0, 0.05) is 23.9 Å². The molecule has 75 heavy (non-hydrogen) atoms. The van der Waals surface area contributed by atoms with Gasteiger partial charge in [-0.25, -0.2) is 0 Å². The van der Waals surface area contributed by atoms with Crippen LogP contribution in [0.2, 0.25) is 0 Å². The Bertz CT molecular complexity index is 1620. The van der Waals surface area contributed by atoms with E-state index < -0.39 is 0 Å². The minimum Gasteiger partial charge on any atom is -0.339 e. The quantitative estimate of drug-likeness (QED) is 0.0282. The molecule has 434 valence electrons. The number of halogens is 2. The van der Waals surface area contributed by atoms with Gasteiger partial charge in [-0.05, 0) is 108 Å². The first-order chi connectivity index (χ1) is 36.6. The van der Waals surface area contributed by atoms with Crippen molar-refractivity contribution in [1.82, 2.24) is 4.57 Å². The predicted molar refractivity (Wildman–Crippen MR) is 342 cm³/mol. The maximum atomic E-state index is 14.2. The number of unbranched alkanes of at least 4 members (excludes halogenated alkanes) is 32. The van der Waals surface area contributed by atoms with Crippen LogP contribution in [0, 0.1) is 11.8 Å². The topological polar surface area (TPSA) is 39.1 Å². The summed E-state index contributed by atoms with van der Waals surface area (Å²) in [7, 11) is 2.08. The Morgan fingerprint density at radius 3 is 1.08 bits per heavy atom. The molecule has 0 saturated heterocycles. The number of aldehydes is 1. The smallest absolute Gasteiger partial charge is 0.160 e. The van der Waals surface area contributed by atoms with Crippen molar-refractivity contribution in [1.29, 1.82) is 0 Å². The van der Waals surface area contributed by atoms with Gasteiger partial charge in [0.25, 0.3) is 0 Å². The lowest BCUT2D eigenvalue weighted by molar-refractivity contribution is -0.114. The standard InChI is InChI=1S/C70H123Br2NO2/c1-9-13-17-21-25-29-33-39-47-63(48-40-34-30-26-22-18-14-10-2)51-43-37-45-53-65(60(5)55-56-61(6)71)67(59-74)70(62(7)75)66(68-57-58-69(72)73(68)8)54-46-38-44-52-64(49-41-35-31-27-23-19-15-11-3)50-42-36-32-28-24-20-16-12-4/h55-59,63-64H,9-54H2,1-8H3/b60-55+,61-56+,67-65-,70-66-. The fraction of sp³-hybridized carbons (Fsp3) is 0.800. The molecule has 5 heteroatoms. The molecule has 0 aliphatic rings. The Morgan fingerprint density at radius 2 is 0.787 bits per heavy atom. The number of hydrogen-bond acceptors (Lipinski definition) is 2. The summed E-state index contributed by atoms with van der Waals surface area (Å²) in [6, 6.07) is 4.23. The van der Waals surface area contributed by atoms with Crippen LogP contribution in [-0.4, -0.2) is 16.6 Å². The first-order valence-electron chi connectivity index (χ1n) is 32.8. The largest absolute Gasteiger partial charge is 0.339 e. The van der Waals surface area contributed by atoms with Crippen molar-refractivity contribution in [3.05, 3.63) is 61.4 Å². The van der Waals surface area contributed by atoms with Crippen molar-refractivity contribution in [2.45, 2.75) is 344 Å². The Kier molecular flexibility index (Phi) is 48.4. The molecule has 3 nitrogen and oxygen atoms in total. The molecule has 0 fully saturated rings. The van der Waals surface area contributed by atoms with E-state index in [0.29, 0.717) is 11.1 Å². The van der Waals surface area contributed by atoms with E-state index in [0.717, 1.165) is 88.1 Å². The van der Waals surface area contributed by atoms with Crippen molar-refractivity contribution in [2.24, 2.45) is 18.9 Å². The minimum absolute atomic E-state index is 0.0116. The number of carbonyl (C=O) groups excluding carboxylic acids is 2. The monoisotopic (exact) mass is 1170 g/mol. The maximum Gasteiger partial charge on any atom is 0.160 e. The molecule has 0 aliphatic heterocycles. The van der Waals surface area contributed by atoms with Gasteiger partial charge in [0.15, 0.2) is 12.1 Å². The van der Waals surface area contributed by atoms with Crippen LogP contribution >= 0.6 is 31.9 Å². The molecule has 1 heterocycles. The summed E-state index contributed by atoms with van der Waals surface area (Å²) in [4.78, 5) is 27.9. The lowest BCUT2D eigenvalue weighted by Crippen LogP contribution is -2.11. The number of ketones is 1. The predicted octanol–water partition coefficient (Wildman–Crippen LogP) is 25.1. The SMILES string of the molecule is CCCCCCCCCCC(CCCCCCCCCC)CCCCCC(/C(C)=C/C=C(\C)Br)=C(C=O)/C(C(C)=O)=C(/CCCCCC(CCCCCCCCCC)CCCCCCCCCC)c1ccc(Br)n1C. The van der Waals surface area contributed by atoms with E-state index in [-0.39, 0.29) is 5.78 Å². The van der Waals surface area contributed by atoms with Gasteiger partial charge in [0.2, 0.25) is 0 Å². The van der Waals surface area contributed by atoms with E-state index in [1.165, 1.54) is 257 Å².